The van der Waals surface area contributed by atoms with Gasteiger partial charge in [0.2, 0.25) is 0 Å². The summed E-state index contributed by atoms with van der Waals surface area (Å²) in [6.45, 7) is 11.0. The number of halogens is 3. The normalized spacial score (nSPS) is 15.5. The SMILES string of the molecule is CCOc1ccc(C(F)(F)F)cc1C(=O)/N=c1\sc(C(C)(C)C)c(C)n1CC1CC1. The molecule has 1 saturated carbocycles. The number of thiazole rings is 1. The molecule has 8 heteroatoms. The van der Waals surface area contributed by atoms with Gasteiger partial charge >= 0.3 is 6.18 Å². The van der Waals surface area contributed by atoms with Crippen LogP contribution in [0.3, 0.4) is 0 Å². The van der Waals surface area contributed by atoms with Gasteiger partial charge in [0.25, 0.3) is 5.91 Å². The van der Waals surface area contributed by atoms with Crippen LogP contribution in [-0.4, -0.2) is 17.1 Å². The number of ether oxygens (including phenoxy) is 1. The van der Waals surface area contributed by atoms with E-state index in [9.17, 15) is 18.0 Å². The van der Waals surface area contributed by atoms with E-state index >= 15 is 0 Å². The molecule has 1 aliphatic carbocycles. The smallest absolute Gasteiger partial charge is 0.416 e. The second-order valence-electron chi connectivity index (χ2n) is 8.66. The second-order valence-corrected chi connectivity index (χ2v) is 9.64. The van der Waals surface area contributed by atoms with Crippen molar-refractivity contribution in [1.82, 2.24) is 4.57 Å². The zero-order valence-electron chi connectivity index (χ0n) is 17.9. The maximum absolute atomic E-state index is 13.2. The Morgan fingerprint density at radius 1 is 1.27 bits per heavy atom. The van der Waals surface area contributed by atoms with E-state index in [2.05, 4.69) is 25.8 Å². The van der Waals surface area contributed by atoms with E-state index in [-0.39, 0.29) is 23.3 Å². The lowest BCUT2D eigenvalue weighted by Crippen LogP contribution is -2.20. The van der Waals surface area contributed by atoms with E-state index in [0.29, 0.717) is 10.7 Å². The lowest BCUT2D eigenvalue weighted by molar-refractivity contribution is -0.137. The van der Waals surface area contributed by atoms with E-state index in [1.165, 1.54) is 17.4 Å². The highest BCUT2D eigenvalue weighted by Gasteiger charge is 2.32. The summed E-state index contributed by atoms with van der Waals surface area (Å²) in [7, 11) is 0. The third-order valence-corrected chi connectivity index (χ3v) is 6.62. The number of benzene rings is 1. The van der Waals surface area contributed by atoms with Gasteiger partial charge in [0, 0.05) is 17.1 Å². The third-order valence-electron chi connectivity index (χ3n) is 5.01. The molecule has 1 fully saturated rings. The van der Waals surface area contributed by atoms with E-state index in [4.69, 9.17) is 4.74 Å². The van der Waals surface area contributed by atoms with Gasteiger partial charge in [0.05, 0.1) is 17.7 Å². The van der Waals surface area contributed by atoms with Crippen LogP contribution >= 0.6 is 11.3 Å². The van der Waals surface area contributed by atoms with Gasteiger partial charge in [-0.25, -0.2) is 0 Å². The van der Waals surface area contributed by atoms with Gasteiger partial charge in [-0.2, -0.15) is 18.2 Å². The molecular formula is C22H27F3N2O2S. The van der Waals surface area contributed by atoms with Crippen LogP contribution in [-0.2, 0) is 18.1 Å². The molecule has 30 heavy (non-hydrogen) atoms. The first-order valence-corrected chi connectivity index (χ1v) is 10.9. The highest BCUT2D eigenvalue weighted by atomic mass is 32.1. The lowest BCUT2D eigenvalue weighted by atomic mass is 9.93. The molecule has 1 amide bonds. The van der Waals surface area contributed by atoms with Gasteiger partial charge in [0.1, 0.15) is 5.75 Å². The summed E-state index contributed by atoms with van der Waals surface area (Å²) < 4.78 is 47.0. The zero-order chi connectivity index (χ0) is 22.3. The molecule has 0 aliphatic heterocycles. The molecule has 0 atom stereocenters. The van der Waals surface area contributed by atoms with Crippen LogP contribution in [0.5, 0.6) is 5.75 Å². The van der Waals surface area contributed by atoms with Crippen molar-refractivity contribution in [1.29, 1.82) is 0 Å². The van der Waals surface area contributed by atoms with Crippen molar-refractivity contribution >= 4 is 17.2 Å². The molecule has 2 aromatic rings. The fraction of sp³-hybridized carbons (Fsp3) is 0.545. The number of nitrogens with zero attached hydrogens (tertiary/aromatic N) is 2. The predicted octanol–water partition coefficient (Wildman–Crippen LogP) is 5.72. The highest BCUT2D eigenvalue weighted by Crippen LogP contribution is 2.35. The van der Waals surface area contributed by atoms with Crippen LogP contribution in [0.1, 0.15) is 67.0 Å². The predicted molar refractivity (Wildman–Crippen MR) is 111 cm³/mol. The average molecular weight is 441 g/mol. The standard InChI is InChI=1S/C22H27F3N2O2S/c1-6-29-17-10-9-15(22(23,24)25)11-16(17)19(28)26-20-27(12-14-7-8-14)13(2)18(30-20)21(3,4)5/h9-11,14H,6-8,12H2,1-5H3/b26-20-. The highest BCUT2D eigenvalue weighted by molar-refractivity contribution is 7.09. The zero-order valence-corrected chi connectivity index (χ0v) is 18.7. The van der Waals surface area contributed by atoms with Gasteiger partial charge in [-0.05, 0) is 56.2 Å². The van der Waals surface area contributed by atoms with Crippen LogP contribution in [0, 0.1) is 12.8 Å². The summed E-state index contributed by atoms with van der Waals surface area (Å²) in [5, 5.41) is 0. The molecule has 0 unspecified atom stereocenters. The summed E-state index contributed by atoms with van der Waals surface area (Å²) in [6, 6.07) is 2.93. The molecule has 1 aliphatic rings. The summed E-state index contributed by atoms with van der Waals surface area (Å²) in [5.41, 5.74) is -0.134. The number of amides is 1. The first-order chi connectivity index (χ1) is 13.9. The van der Waals surface area contributed by atoms with Crippen molar-refractivity contribution in [2.75, 3.05) is 6.61 Å². The van der Waals surface area contributed by atoms with Crippen LogP contribution < -0.4 is 9.54 Å². The average Bonchev–Trinajstić information content (AvgIpc) is 3.40. The number of carbonyl (C=O) groups excluding carboxylic acids is 1. The molecule has 0 radical (unpaired) electrons. The number of hydrogen-bond acceptors (Lipinski definition) is 3. The Morgan fingerprint density at radius 3 is 2.47 bits per heavy atom. The maximum Gasteiger partial charge on any atom is 0.416 e. The number of carbonyl (C=O) groups is 1. The Bertz CT molecular complexity index is 1010. The summed E-state index contributed by atoms with van der Waals surface area (Å²) in [6.07, 6.45) is -2.27. The van der Waals surface area contributed by atoms with Gasteiger partial charge in [0.15, 0.2) is 4.80 Å². The maximum atomic E-state index is 13.2. The summed E-state index contributed by atoms with van der Waals surface area (Å²) in [5.74, 6) is -0.0548. The van der Waals surface area contributed by atoms with Gasteiger partial charge in [-0.3, -0.25) is 4.79 Å². The quantitative estimate of drug-likeness (QED) is 0.596. The van der Waals surface area contributed by atoms with Crippen molar-refractivity contribution in [3.8, 4) is 5.75 Å². The molecular weight excluding hydrogens is 413 g/mol. The number of rotatable bonds is 5. The fourth-order valence-electron chi connectivity index (χ4n) is 3.34. The molecule has 1 heterocycles. The molecule has 3 rings (SSSR count). The van der Waals surface area contributed by atoms with Crippen molar-refractivity contribution in [2.45, 2.75) is 65.6 Å². The number of hydrogen-bond donors (Lipinski definition) is 0. The van der Waals surface area contributed by atoms with Crippen LogP contribution in [0.25, 0.3) is 0 Å². The van der Waals surface area contributed by atoms with Crippen LogP contribution in [0.15, 0.2) is 23.2 Å². The second kappa shape index (κ2) is 8.21. The molecule has 0 N–H and O–H groups in total. The Balaban J connectivity index is 2.12. The Kier molecular flexibility index (Phi) is 6.18. The molecule has 0 bridgehead atoms. The molecule has 1 aromatic heterocycles. The van der Waals surface area contributed by atoms with Crippen molar-refractivity contribution < 1.29 is 22.7 Å². The first-order valence-electron chi connectivity index (χ1n) is 10.1. The van der Waals surface area contributed by atoms with E-state index in [1.54, 1.807) is 6.92 Å². The van der Waals surface area contributed by atoms with Crippen LogP contribution in [0.2, 0.25) is 0 Å². The third kappa shape index (κ3) is 4.96. The summed E-state index contributed by atoms with van der Waals surface area (Å²) >= 11 is 1.43. The van der Waals surface area contributed by atoms with Gasteiger partial charge in [-0.1, -0.05) is 20.8 Å². The van der Waals surface area contributed by atoms with E-state index in [0.717, 1.165) is 42.1 Å². The van der Waals surface area contributed by atoms with Crippen molar-refractivity contribution in [2.24, 2.45) is 10.9 Å². The lowest BCUT2D eigenvalue weighted by Gasteiger charge is -2.17. The van der Waals surface area contributed by atoms with Gasteiger partial charge in [-0.15, -0.1) is 11.3 Å². The number of aromatic nitrogens is 1. The van der Waals surface area contributed by atoms with Crippen molar-refractivity contribution in [3.05, 3.63) is 44.7 Å². The minimum Gasteiger partial charge on any atom is -0.493 e. The van der Waals surface area contributed by atoms with Crippen LogP contribution in [0.4, 0.5) is 13.2 Å². The minimum atomic E-state index is -4.55. The molecule has 1 aromatic carbocycles. The van der Waals surface area contributed by atoms with E-state index < -0.39 is 17.6 Å². The summed E-state index contributed by atoms with van der Waals surface area (Å²) in [4.78, 5) is 18.9. The largest absolute Gasteiger partial charge is 0.493 e. The first kappa shape index (κ1) is 22.6. The topological polar surface area (TPSA) is 43.6 Å². The van der Waals surface area contributed by atoms with E-state index in [1.807, 2.05) is 11.5 Å². The molecule has 4 nitrogen and oxygen atoms in total. The van der Waals surface area contributed by atoms with Crippen molar-refractivity contribution in [3.63, 3.8) is 0 Å². The number of alkyl halides is 3. The Labute approximate surface area is 178 Å². The van der Waals surface area contributed by atoms with Gasteiger partial charge < -0.3 is 9.30 Å². The Hall–Kier alpha value is -2.09. The fourth-order valence-corrected chi connectivity index (χ4v) is 4.54. The molecule has 0 saturated heterocycles. The molecule has 164 valence electrons. The monoisotopic (exact) mass is 440 g/mol. The molecule has 0 spiro atoms. The minimum absolute atomic E-state index is 0.109. The Morgan fingerprint density at radius 2 is 1.93 bits per heavy atom.